The molecule has 3 amide bonds. The SMILES string of the molecule is CN(C)C(=O)NCC(=O)N1CC(O)C(Cc2ccnc3ccccc23)C1. The number of rotatable bonds is 4. The largest absolute Gasteiger partial charge is 0.391 e. The molecule has 2 atom stereocenters. The Bertz CT molecular complexity index is 803. The number of pyridine rings is 1. The van der Waals surface area contributed by atoms with Crippen molar-refractivity contribution in [2.24, 2.45) is 5.92 Å². The highest BCUT2D eigenvalue weighted by molar-refractivity contribution is 5.84. The molecule has 2 heterocycles. The van der Waals surface area contributed by atoms with E-state index in [1.165, 1.54) is 4.90 Å². The first-order valence-electron chi connectivity index (χ1n) is 8.69. The molecule has 0 aliphatic carbocycles. The van der Waals surface area contributed by atoms with Gasteiger partial charge in [-0.25, -0.2) is 4.79 Å². The van der Waals surface area contributed by atoms with Crippen molar-refractivity contribution in [2.75, 3.05) is 33.7 Å². The Labute approximate surface area is 152 Å². The van der Waals surface area contributed by atoms with Gasteiger partial charge in [0, 0.05) is 44.7 Å². The van der Waals surface area contributed by atoms with Crippen molar-refractivity contribution in [3.05, 3.63) is 42.1 Å². The molecular weight excluding hydrogens is 332 g/mol. The number of urea groups is 1. The summed E-state index contributed by atoms with van der Waals surface area (Å²) in [5.74, 6) is -0.212. The molecule has 0 spiro atoms. The third-order valence-corrected chi connectivity index (χ3v) is 4.78. The van der Waals surface area contributed by atoms with E-state index >= 15 is 0 Å². The molecule has 2 unspecified atom stereocenters. The topological polar surface area (TPSA) is 85.8 Å². The van der Waals surface area contributed by atoms with E-state index in [4.69, 9.17) is 0 Å². The van der Waals surface area contributed by atoms with Crippen LogP contribution in [0.3, 0.4) is 0 Å². The molecule has 26 heavy (non-hydrogen) atoms. The van der Waals surface area contributed by atoms with Crippen molar-refractivity contribution in [1.82, 2.24) is 20.1 Å². The number of aromatic nitrogens is 1. The number of benzene rings is 1. The van der Waals surface area contributed by atoms with Gasteiger partial charge in [-0.15, -0.1) is 0 Å². The van der Waals surface area contributed by atoms with Gasteiger partial charge in [0.1, 0.15) is 0 Å². The zero-order valence-electron chi connectivity index (χ0n) is 15.1. The van der Waals surface area contributed by atoms with Gasteiger partial charge in [0.05, 0.1) is 18.2 Å². The summed E-state index contributed by atoms with van der Waals surface area (Å²) in [6, 6.07) is 9.58. The fourth-order valence-electron chi connectivity index (χ4n) is 3.30. The average molecular weight is 356 g/mol. The molecule has 0 radical (unpaired) electrons. The van der Waals surface area contributed by atoms with E-state index in [9.17, 15) is 14.7 Å². The summed E-state index contributed by atoms with van der Waals surface area (Å²) in [5.41, 5.74) is 2.05. The molecular formula is C19H24N4O3. The number of aliphatic hydroxyl groups is 1. The Morgan fingerprint density at radius 1 is 1.27 bits per heavy atom. The van der Waals surface area contributed by atoms with Crippen LogP contribution in [0, 0.1) is 5.92 Å². The Morgan fingerprint density at radius 3 is 2.81 bits per heavy atom. The van der Waals surface area contributed by atoms with E-state index < -0.39 is 6.10 Å². The number of nitrogens with zero attached hydrogens (tertiary/aromatic N) is 3. The van der Waals surface area contributed by atoms with E-state index in [1.807, 2.05) is 30.3 Å². The van der Waals surface area contributed by atoms with Crippen LogP contribution < -0.4 is 5.32 Å². The zero-order chi connectivity index (χ0) is 18.7. The summed E-state index contributed by atoms with van der Waals surface area (Å²) in [7, 11) is 3.24. The molecule has 1 aliphatic rings. The molecule has 1 saturated heterocycles. The smallest absolute Gasteiger partial charge is 0.317 e. The second-order valence-corrected chi connectivity index (χ2v) is 6.87. The van der Waals surface area contributed by atoms with Gasteiger partial charge in [-0.3, -0.25) is 9.78 Å². The van der Waals surface area contributed by atoms with Crippen LogP contribution in [0.25, 0.3) is 10.9 Å². The van der Waals surface area contributed by atoms with Crippen molar-refractivity contribution in [3.63, 3.8) is 0 Å². The van der Waals surface area contributed by atoms with Gasteiger partial charge in [-0.05, 0) is 24.1 Å². The average Bonchev–Trinajstić information content (AvgIpc) is 3.00. The van der Waals surface area contributed by atoms with Crippen molar-refractivity contribution in [3.8, 4) is 0 Å². The van der Waals surface area contributed by atoms with Gasteiger partial charge in [0.25, 0.3) is 0 Å². The number of hydrogen-bond donors (Lipinski definition) is 2. The first-order valence-corrected chi connectivity index (χ1v) is 8.69. The number of para-hydroxylation sites is 1. The molecule has 1 aromatic heterocycles. The molecule has 7 heteroatoms. The van der Waals surface area contributed by atoms with Crippen LogP contribution in [-0.4, -0.2) is 71.7 Å². The highest BCUT2D eigenvalue weighted by Crippen LogP contribution is 2.25. The van der Waals surface area contributed by atoms with Crippen molar-refractivity contribution < 1.29 is 14.7 Å². The van der Waals surface area contributed by atoms with Crippen LogP contribution in [0.5, 0.6) is 0 Å². The maximum absolute atomic E-state index is 12.3. The Morgan fingerprint density at radius 2 is 2.04 bits per heavy atom. The van der Waals surface area contributed by atoms with E-state index in [-0.39, 0.29) is 24.4 Å². The maximum atomic E-state index is 12.3. The minimum Gasteiger partial charge on any atom is -0.391 e. The lowest BCUT2D eigenvalue weighted by atomic mass is 9.94. The standard InChI is InChI=1S/C19H24N4O3/c1-22(2)19(26)21-10-18(25)23-11-14(17(24)12-23)9-13-7-8-20-16-6-4-3-5-15(13)16/h3-8,14,17,24H,9-12H2,1-2H3,(H,21,26). The first-order chi connectivity index (χ1) is 12.5. The van der Waals surface area contributed by atoms with Crippen molar-refractivity contribution in [1.29, 1.82) is 0 Å². The van der Waals surface area contributed by atoms with E-state index in [2.05, 4.69) is 10.3 Å². The number of nitrogens with one attached hydrogen (secondary N) is 1. The zero-order valence-corrected chi connectivity index (χ0v) is 15.1. The van der Waals surface area contributed by atoms with Crippen LogP contribution in [-0.2, 0) is 11.2 Å². The number of β-amino-alcohol motifs (C(OH)–C–C–N with tert-alkyl or cyclic N) is 1. The number of aliphatic hydroxyl groups excluding tert-OH is 1. The number of likely N-dealkylation sites (tertiary alicyclic amines) is 1. The second-order valence-electron chi connectivity index (χ2n) is 6.87. The number of amides is 3. The Kier molecular flexibility index (Phi) is 5.37. The molecule has 0 bridgehead atoms. The fourth-order valence-corrected chi connectivity index (χ4v) is 3.30. The van der Waals surface area contributed by atoms with Crippen molar-refractivity contribution in [2.45, 2.75) is 12.5 Å². The van der Waals surface area contributed by atoms with Crippen LogP contribution >= 0.6 is 0 Å². The Hall–Kier alpha value is -2.67. The minimum atomic E-state index is -0.574. The monoisotopic (exact) mass is 356 g/mol. The molecule has 2 N–H and O–H groups in total. The van der Waals surface area contributed by atoms with Gasteiger partial charge in [0.15, 0.2) is 0 Å². The summed E-state index contributed by atoms with van der Waals surface area (Å²) in [5, 5.41) is 14.0. The molecule has 2 aromatic rings. The molecule has 1 aliphatic heterocycles. The van der Waals surface area contributed by atoms with E-state index in [0.717, 1.165) is 16.5 Å². The number of hydrogen-bond acceptors (Lipinski definition) is 4. The van der Waals surface area contributed by atoms with Crippen LogP contribution in [0.4, 0.5) is 4.79 Å². The number of carbonyl (C=O) groups excluding carboxylic acids is 2. The summed E-state index contributed by atoms with van der Waals surface area (Å²) in [6.07, 6.45) is 1.88. The lowest BCUT2D eigenvalue weighted by Crippen LogP contribution is -2.42. The quantitative estimate of drug-likeness (QED) is 0.851. The van der Waals surface area contributed by atoms with Crippen LogP contribution in [0.15, 0.2) is 36.5 Å². The lowest BCUT2D eigenvalue weighted by Gasteiger charge is -2.18. The molecule has 1 fully saturated rings. The Balaban J connectivity index is 1.63. The highest BCUT2D eigenvalue weighted by Gasteiger charge is 2.34. The van der Waals surface area contributed by atoms with E-state index in [0.29, 0.717) is 19.5 Å². The van der Waals surface area contributed by atoms with Gasteiger partial charge in [0.2, 0.25) is 5.91 Å². The van der Waals surface area contributed by atoms with Gasteiger partial charge < -0.3 is 20.2 Å². The third kappa shape index (κ3) is 3.94. The number of carbonyl (C=O) groups is 2. The van der Waals surface area contributed by atoms with E-state index in [1.54, 1.807) is 25.2 Å². The molecule has 7 nitrogen and oxygen atoms in total. The summed E-state index contributed by atoms with van der Waals surface area (Å²) in [6.45, 7) is 0.716. The maximum Gasteiger partial charge on any atom is 0.317 e. The highest BCUT2D eigenvalue weighted by atomic mass is 16.3. The summed E-state index contributed by atoms with van der Waals surface area (Å²) < 4.78 is 0. The van der Waals surface area contributed by atoms with Crippen LogP contribution in [0.1, 0.15) is 5.56 Å². The minimum absolute atomic E-state index is 0.0330. The number of fused-ring (bicyclic) bond motifs is 1. The van der Waals surface area contributed by atoms with Gasteiger partial charge >= 0.3 is 6.03 Å². The van der Waals surface area contributed by atoms with Crippen LogP contribution in [0.2, 0.25) is 0 Å². The second kappa shape index (κ2) is 7.70. The molecule has 1 aromatic carbocycles. The van der Waals surface area contributed by atoms with Gasteiger partial charge in [-0.2, -0.15) is 0 Å². The third-order valence-electron chi connectivity index (χ3n) is 4.78. The fraction of sp³-hybridized carbons (Fsp3) is 0.421. The molecule has 3 rings (SSSR count). The summed E-state index contributed by atoms with van der Waals surface area (Å²) in [4.78, 5) is 31.2. The normalized spacial score (nSPS) is 19.6. The molecule has 138 valence electrons. The lowest BCUT2D eigenvalue weighted by molar-refractivity contribution is -0.129. The molecule has 0 saturated carbocycles. The summed E-state index contributed by atoms with van der Waals surface area (Å²) >= 11 is 0. The van der Waals surface area contributed by atoms with Gasteiger partial charge in [-0.1, -0.05) is 18.2 Å². The van der Waals surface area contributed by atoms with Crippen molar-refractivity contribution >= 4 is 22.8 Å². The first kappa shape index (κ1) is 18.1. The predicted molar refractivity (Wildman–Crippen MR) is 98.6 cm³/mol. The predicted octanol–water partition coefficient (Wildman–Crippen LogP) is 0.868.